The van der Waals surface area contributed by atoms with Gasteiger partial charge < -0.3 is 19.5 Å². The first kappa shape index (κ1) is 26.3. The van der Waals surface area contributed by atoms with Crippen molar-refractivity contribution in [3.63, 3.8) is 0 Å². The van der Waals surface area contributed by atoms with Gasteiger partial charge in [0, 0.05) is 38.2 Å². The molecule has 0 fully saturated rings. The summed E-state index contributed by atoms with van der Waals surface area (Å²) in [6.45, 7) is 6.55. The Kier molecular flexibility index (Phi) is 10.5. The number of hydrogen-bond acceptors (Lipinski definition) is 6. The lowest BCUT2D eigenvalue weighted by molar-refractivity contribution is -0.136. The molecule has 2 aromatic rings. The summed E-state index contributed by atoms with van der Waals surface area (Å²) in [7, 11) is 1.66. The number of thiophene rings is 1. The predicted octanol–water partition coefficient (Wildman–Crippen LogP) is 4.06. The van der Waals surface area contributed by atoms with Crippen LogP contribution in [-0.2, 0) is 16.0 Å². The van der Waals surface area contributed by atoms with Crippen LogP contribution in [0.25, 0.3) is 0 Å². The Morgan fingerprint density at radius 2 is 2.18 bits per heavy atom. The van der Waals surface area contributed by atoms with E-state index >= 15 is 0 Å². The fourth-order valence-corrected chi connectivity index (χ4v) is 5.16. The molecule has 2 atom stereocenters. The fourth-order valence-electron chi connectivity index (χ4n) is 4.23. The molecule has 1 N–H and O–H groups in total. The van der Waals surface area contributed by atoms with Crippen LogP contribution in [-0.4, -0.2) is 73.4 Å². The minimum Gasteiger partial charge on any atom is -0.491 e. The maximum Gasteiger partial charge on any atom is 0.237 e. The van der Waals surface area contributed by atoms with E-state index in [2.05, 4.69) is 18.0 Å². The van der Waals surface area contributed by atoms with Crippen molar-refractivity contribution in [2.45, 2.75) is 37.8 Å². The van der Waals surface area contributed by atoms with Gasteiger partial charge in [-0.2, -0.15) is 0 Å². The first-order valence-electron chi connectivity index (χ1n) is 11.8. The third kappa shape index (κ3) is 7.63. The molecular formula is C26H35FN2O4S. The molecule has 0 aliphatic carbocycles. The Labute approximate surface area is 205 Å². The molecular weight excluding hydrogens is 455 g/mol. The number of nitrogens with zero attached hydrogens (tertiary/aromatic N) is 2. The average molecular weight is 491 g/mol. The van der Waals surface area contributed by atoms with Crippen molar-refractivity contribution in [2.75, 3.05) is 46.5 Å². The smallest absolute Gasteiger partial charge is 0.237 e. The number of aliphatic hydroxyl groups excluding tert-OH is 1. The van der Waals surface area contributed by atoms with Gasteiger partial charge in [0.2, 0.25) is 5.91 Å². The Balaban J connectivity index is 1.69. The number of rotatable bonds is 14. The van der Waals surface area contributed by atoms with E-state index in [4.69, 9.17) is 9.47 Å². The van der Waals surface area contributed by atoms with Crippen molar-refractivity contribution >= 4 is 17.2 Å². The van der Waals surface area contributed by atoms with Crippen molar-refractivity contribution in [2.24, 2.45) is 0 Å². The summed E-state index contributed by atoms with van der Waals surface area (Å²) in [6.07, 6.45) is 4.23. The second-order valence-electron chi connectivity index (χ2n) is 8.52. The molecule has 0 unspecified atom stereocenters. The van der Waals surface area contributed by atoms with Crippen molar-refractivity contribution in [3.05, 3.63) is 64.6 Å². The second kappa shape index (κ2) is 13.6. The van der Waals surface area contributed by atoms with Crippen LogP contribution in [0.1, 0.15) is 35.7 Å². The van der Waals surface area contributed by atoms with Gasteiger partial charge in [-0.3, -0.25) is 9.69 Å². The van der Waals surface area contributed by atoms with E-state index in [0.29, 0.717) is 45.0 Å². The van der Waals surface area contributed by atoms with Crippen LogP contribution >= 0.6 is 11.3 Å². The minimum absolute atomic E-state index is 0.0119. The largest absolute Gasteiger partial charge is 0.491 e. The van der Waals surface area contributed by atoms with Crippen molar-refractivity contribution in [1.29, 1.82) is 0 Å². The first-order valence-corrected chi connectivity index (χ1v) is 12.6. The van der Waals surface area contributed by atoms with E-state index in [1.807, 2.05) is 9.80 Å². The zero-order valence-corrected chi connectivity index (χ0v) is 20.6. The Bertz CT molecular complexity index is 904. The highest BCUT2D eigenvalue weighted by atomic mass is 32.1. The van der Waals surface area contributed by atoms with Gasteiger partial charge in [-0.05, 0) is 67.0 Å². The lowest BCUT2D eigenvalue weighted by Crippen LogP contribution is -2.48. The zero-order valence-electron chi connectivity index (χ0n) is 19.8. The van der Waals surface area contributed by atoms with Crippen LogP contribution < -0.4 is 4.74 Å². The highest BCUT2D eigenvalue weighted by Gasteiger charge is 2.33. The topological polar surface area (TPSA) is 62.2 Å². The fraction of sp³-hybridized carbons (Fsp3) is 0.500. The summed E-state index contributed by atoms with van der Waals surface area (Å²) in [5, 5.41) is 12.5. The van der Waals surface area contributed by atoms with Gasteiger partial charge in [0.25, 0.3) is 0 Å². The van der Waals surface area contributed by atoms with E-state index < -0.39 is 6.10 Å². The van der Waals surface area contributed by atoms with Crippen LogP contribution in [0.5, 0.6) is 5.75 Å². The van der Waals surface area contributed by atoms with Gasteiger partial charge in [0.1, 0.15) is 18.2 Å². The second-order valence-corrected chi connectivity index (χ2v) is 9.52. The normalized spacial score (nSPS) is 16.4. The lowest BCUT2D eigenvalue weighted by Gasteiger charge is -2.37. The number of ether oxygens (including phenoxy) is 2. The lowest BCUT2D eigenvalue weighted by atomic mass is 10.0. The Morgan fingerprint density at radius 1 is 1.38 bits per heavy atom. The minimum atomic E-state index is -0.518. The van der Waals surface area contributed by atoms with Gasteiger partial charge in [-0.15, -0.1) is 17.9 Å². The number of amides is 1. The molecule has 0 saturated heterocycles. The van der Waals surface area contributed by atoms with Crippen molar-refractivity contribution in [1.82, 2.24) is 9.80 Å². The summed E-state index contributed by atoms with van der Waals surface area (Å²) in [5.74, 6) is 0.270. The molecule has 3 rings (SSSR count). The quantitative estimate of drug-likeness (QED) is 0.320. The number of hydrogen-bond donors (Lipinski definition) is 1. The van der Waals surface area contributed by atoms with Gasteiger partial charge in [-0.1, -0.05) is 6.08 Å². The van der Waals surface area contributed by atoms with Crippen molar-refractivity contribution < 1.29 is 23.8 Å². The molecule has 8 heteroatoms. The number of aliphatic hydroxyl groups is 1. The molecule has 6 nitrogen and oxygen atoms in total. The number of carbonyl (C=O) groups excluding carboxylic acids is 1. The zero-order chi connectivity index (χ0) is 24.3. The van der Waals surface area contributed by atoms with E-state index in [-0.39, 0.29) is 24.3 Å². The van der Waals surface area contributed by atoms with Crippen LogP contribution in [0.2, 0.25) is 0 Å². The van der Waals surface area contributed by atoms with E-state index in [1.165, 1.54) is 17.0 Å². The molecule has 0 saturated carbocycles. The standard InChI is InChI=1S/C26H35FN2O4S/c1-3-4-6-21(30)17-28(13-5-15-32-2)18-26(31)29-14-11-25-23(12-16-34-25)24(29)19-33-22-9-7-20(27)8-10-22/h3,7-10,12,16,21,24,30H,1,4-6,11,13-15,17-19H2,2H3/t21-,24+/m0/s1. The molecule has 0 spiro atoms. The van der Waals surface area contributed by atoms with E-state index in [1.54, 1.807) is 36.7 Å². The summed E-state index contributed by atoms with van der Waals surface area (Å²) < 4.78 is 24.4. The number of allylic oxidation sites excluding steroid dienone is 1. The van der Waals surface area contributed by atoms with Gasteiger partial charge in [0.15, 0.2) is 0 Å². The summed E-state index contributed by atoms with van der Waals surface area (Å²) in [6, 6.07) is 7.78. The summed E-state index contributed by atoms with van der Waals surface area (Å²) in [4.78, 5) is 18.7. The average Bonchev–Trinajstić information content (AvgIpc) is 3.31. The highest BCUT2D eigenvalue weighted by Crippen LogP contribution is 2.34. The first-order chi connectivity index (χ1) is 16.5. The monoisotopic (exact) mass is 490 g/mol. The van der Waals surface area contributed by atoms with Crippen LogP contribution in [0, 0.1) is 5.82 Å². The maximum absolute atomic E-state index is 13.5. The number of methoxy groups -OCH3 is 1. The molecule has 34 heavy (non-hydrogen) atoms. The predicted molar refractivity (Wildman–Crippen MR) is 133 cm³/mol. The number of benzene rings is 1. The molecule has 1 aromatic carbocycles. The molecule has 1 aliphatic rings. The van der Waals surface area contributed by atoms with Crippen LogP contribution in [0.15, 0.2) is 48.4 Å². The van der Waals surface area contributed by atoms with Crippen LogP contribution in [0.3, 0.4) is 0 Å². The highest BCUT2D eigenvalue weighted by molar-refractivity contribution is 7.10. The van der Waals surface area contributed by atoms with Gasteiger partial charge in [0.05, 0.1) is 18.7 Å². The Hall–Kier alpha value is -2.26. The number of fused-ring (bicyclic) bond motifs is 1. The summed E-state index contributed by atoms with van der Waals surface area (Å²) >= 11 is 1.70. The van der Waals surface area contributed by atoms with E-state index in [0.717, 1.165) is 24.8 Å². The molecule has 1 amide bonds. The molecule has 2 heterocycles. The number of halogens is 1. The summed E-state index contributed by atoms with van der Waals surface area (Å²) in [5.41, 5.74) is 1.11. The molecule has 0 bridgehead atoms. The third-order valence-corrected chi connectivity index (χ3v) is 6.99. The Morgan fingerprint density at radius 3 is 2.91 bits per heavy atom. The van der Waals surface area contributed by atoms with E-state index in [9.17, 15) is 14.3 Å². The molecule has 1 aromatic heterocycles. The van der Waals surface area contributed by atoms with Gasteiger partial charge in [-0.25, -0.2) is 4.39 Å². The van der Waals surface area contributed by atoms with Crippen LogP contribution in [0.4, 0.5) is 4.39 Å². The molecule has 0 radical (unpaired) electrons. The third-order valence-electron chi connectivity index (χ3n) is 5.99. The number of carbonyl (C=O) groups is 1. The van der Waals surface area contributed by atoms with Crippen molar-refractivity contribution in [3.8, 4) is 5.75 Å². The SMILES string of the molecule is C=CCC[C@H](O)CN(CCCOC)CC(=O)N1CCc2sccc2[C@H]1COc1ccc(F)cc1. The molecule has 1 aliphatic heterocycles. The van der Waals surface area contributed by atoms with Gasteiger partial charge >= 0.3 is 0 Å². The maximum atomic E-state index is 13.5. The molecule has 186 valence electrons.